The molecule has 160 valence electrons. The molecule has 0 unspecified atom stereocenters. The van der Waals surface area contributed by atoms with Crippen molar-refractivity contribution in [3.8, 4) is 0 Å². The summed E-state index contributed by atoms with van der Waals surface area (Å²) in [5.41, 5.74) is 1.62. The summed E-state index contributed by atoms with van der Waals surface area (Å²) in [7, 11) is 0. The van der Waals surface area contributed by atoms with E-state index in [1.54, 1.807) is 0 Å². The topological polar surface area (TPSA) is 6.48 Å². The van der Waals surface area contributed by atoms with Crippen molar-refractivity contribution in [1.29, 1.82) is 0 Å². The number of nitrogens with zero attached hydrogens (tertiary/aromatic N) is 2. The van der Waals surface area contributed by atoms with Crippen molar-refractivity contribution >= 4 is 11.6 Å². The van der Waals surface area contributed by atoms with Crippen molar-refractivity contribution in [2.75, 3.05) is 26.2 Å². The van der Waals surface area contributed by atoms with E-state index in [-0.39, 0.29) is 5.54 Å². The van der Waals surface area contributed by atoms with Gasteiger partial charge < -0.3 is 4.90 Å². The highest BCUT2D eigenvalue weighted by atomic mass is 35.5. The van der Waals surface area contributed by atoms with Crippen LogP contribution < -0.4 is 0 Å². The molecule has 0 radical (unpaired) electrons. The van der Waals surface area contributed by atoms with Gasteiger partial charge in [0.2, 0.25) is 0 Å². The average molecular weight is 415 g/mol. The summed E-state index contributed by atoms with van der Waals surface area (Å²) in [5, 5.41) is 0.842. The van der Waals surface area contributed by atoms with Gasteiger partial charge in [0.25, 0.3) is 0 Å². The molecule has 2 aliphatic carbocycles. The van der Waals surface area contributed by atoms with Crippen LogP contribution in [0.4, 0.5) is 0 Å². The fourth-order valence-corrected chi connectivity index (χ4v) is 6.04. The van der Waals surface area contributed by atoms with Gasteiger partial charge in [-0.15, -0.1) is 6.58 Å². The number of rotatable bonds is 8. The van der Waals surface area contributed by atoms with Crippen LogP contribution in [0.1, 0.15) is 70.3 Å². The minimum absolute atomic E-state index is 0.152. The first-order valence-corrected chi connectivity index (χ1v) is 12.4. The second kappa shape index (κ2) is 9.54. The maximum atomic E-state index is 6.24. The quantitative estimate of drug-likeness (QED) is 0.448. The van der Waals surface area contributed by atoms with E-state index in [1.807, 2.05) is 0 Å². The summed E-state index contributed by atoms with van der Waals surface area (Å²) in [6.07, 6.45) is 14.2. The van der Waals surface area contributed by atoms with Crippen LogP contribution in [0, 0.1) is 11.8 Å². The molecule has 1 aliphatic heterocycles. The van der Waals surface area contributed by atoms with Crippen LogP contribution in [-0.2, 0) is 5.54 Å². The Labute approximate surface area is 183 Å². The molecular formula is C26H39ClN2. The molecule has 3 fully saturated rings. The zero-order valence-corrected chi connectivity index (χ0v) is 19.0. The second-order valence-corrected chi connectivity index (χ2v) is 10.2. The van der Waals surface area contributed by atoms with Crippen LogP contribution in [0.2, 0.25) is 5.02 Å². The highest BCUT2D eigenvalue weighted by molar-refractivity contribution is 6.30. The molecule has 0 atom stereocenters. The molecule has 2 nitrogen and oxygen atoms in total. The highest BCUT2D eigenvalue weighted by Gasteiger charge is 2.44. The third-order valence-electron chi connectivity index (χ3n) is 8.04. The van der Waals surface area contributed by atoms with Crippen LogP contribution in [-0.4, -0.2) is 42.0 Å². The fraction of sp³-hybridized carbons (Fsp3) is 0.692. The van der Waals surface area contributed by atoms with E-state index in [2.05, 4.69) is 53.6 Å². The maximum absolute atomic E-state index is 6.24. The van der Waals surface area contributed by atoms with E-state index in [0.29, 0.717) is 0 Å². The van der Waals surface area contributed by atoms with Gasteiger partial charge in [0.05, 0.1) is 0 Å². The first kappa shape index (κ1) is 21.4. The molecule has 0 bridgehead atoms. The predicted molar refractivity (Wildman–Crippen MR) is 124 cm³/mol. The number of halogens is 1. The lowest BCUT2D eigenvalue weighted by Gasteiger charge is -2.51. The van der Waals surface area contributed by atoms with Crippen LogP contribution in [0.25, 0.3) is 0 Å². The summed E-state index contributed by atoms with van der Waals surface area (Å²) in [6, 6.07) is 9.53. The molecule has 1 aromatic rings. The van der Waals surface area contributed by atoms with Crippen molar-refractivity contribution in [1.82, 2.24) is 9.80 Å². The number of piperidine rings is 1. The number of hydrogen-bond donors (Lipinski definition) is 0. The van der Waals surface area contributed by atoms with Gasteiger partial charge in [-0.3, -0.25) is 4.90 Å². The third kappa shape index (κ3) is 4.92. The van der Waals surface area contributed by atoms with Crippen LogP contribution in [0.3, 0.4) is 0 Å². The Bertz CT molecular complexity index is 650. The fourth-order valence-electron chi connectivity index (χ4n) is 5.91. The predicted octanol–water partition coefficient (Wildman–Crippen LogP) is 6.50. The molecule has 4 rings (SSSR count). The Morgan fingerprint density at radius 2 is 1.69 bits per heavy atom. The van der Waals surface area contributed by atoms with E-state index < -0.39 is 0 Å². The average Bonchev–Trinajstić information content (AvgIpc) is 3.58. The first-order chi connectivity index (χ1) is 14.1. The summed E-state index contributed by atoms with van der Waals surface area (Å²) in [5.74, 6) is 1.86. The zero-order chi connectivity index (χ0) is 20.3. The molecule has 3 heteroatoms. The largest absolute Gasteiger partial charge is 0.300 e. The van der Waals surface area contributed by atoms with Gasteiger partial charge in [-0.05, 0) is 94.0 Å². The van der Waals surface area contributed by atoms with Gasteiger partial charge >= 0.3 is 0 Å². The Morgan fingerprint density at radius 1 is 1.03 bits per heavy atom. The zero-order valence-electron chi connectivity index (χ0n) is 18.3. The lowest BCUT2D eigenvalue weighted by atomic mass is 9.72. The van der Waals surface area contributed by atoms with Crippen molar-refractivity contribution in [3.63, 3.8) is 0 Å². The Morgan fingerprint density at radius 3 is 2.24 bits per heavy atom. The standard InChI is InChI=1S/C26H39ClN2/c1-3-17-29(20-22-5-6-22)26(23-7-9-24(27)10-8-23)15-11-25(12-16-26)28-18-13-21(4-2)14-19-28/h3,7-10,21-22,25H,1,4-6,11-20H2,2H3. The molecular weight excluding hydrogens is 376 g/mol. The smallest absolute Gasteiger partial charge is 0.0465 e. The summed E-state index contributed by atoms with van der Waals surface area (Å²) in [4.78, 5) is 5.58. The van der Waals surface area contributed by atoms with E-state index in [4.69, 9.17) is 11.6 Å². The number of hydrogen-bond acceptors (Lipinski definition) is 2. The van der Waals surface area contributed by atoms with E-state index in [1.165, 1.54) is 83.0 Å². The van der Waals surface area contributed by atoms with E-state index in [9.17, 15) is 0 Å². The summed E-state index contributed by atoms with van der Waals surface area (Å²) < 4.78 is 0. The molecule has 2 saturated carbocycles. The van der Waals surface area contributed by atoms with Gasteiger partial charge in [-0.1, -0.05) is 43.2 Å². The highest BCUT2D eigenvalue weighted by Crippen LogP contribution is 2.46. The van der Waals surface area contributed by atoms with Crippen LogP contribution in [0.5, 0.6) is 0 Å². The van der Waals surface area contributed by atoms with Crippen LogP contribution in [0.15, 0.2) is 36.9 Å². The lowest BCUT2D eigenvalue weighted by Crippen LogP contribution is -2.53. The minimum Gasteiger partial charge on any atom is -0.300 e. The van der Waals surface area contributed by atoms with Crippen molar-refractivity contribution < 1.29 is 0 Å². The monoisotopic (exact) mass is 414 g/mol. The van der Waals surface area contributed by atoms with Crippen molar-refractivity contribution in [2.45, 2.75) is 76.3 Å². The summed E-state index contributed by atoms with van der Waals surface area (Å²) in [6.45, 7) is 11.3. The molecule has 3 aliphatic rings. The number of benzene rings is 1. The third-order valence-corrected chi connectivity index (χ3v) is 8.29. The normalized spacial score (nSPS) is 29.3. The summed E-state index contributed by atoms with van der Waals surface area (Å²) >= 11 is 6.24. The van der Waals surface area contributed by atoms with Crippen molar-refractivity contribution in [3.05, 3.63) is 47.5 Å². The molecule has 0 amide bonds. The van der Waals surface area contributed by atoms with Gasteiger partial charge in [0.1, 0.15) is 0 Å². The Kier molecular flexibility index (Phi) is 7.04. The van der Waals surface area contributed by atoms with E-state index in [0.717, 1.165) is 29.4 Å². The molecule has 29 heavy (non-hydrogen) atoms. The number of likely N-dealkylation sites (tertiary alicyclic amines) is 1. The minimum atomic E-state index is 0.152. The van der Waals surface area contributed by atoms with Crippen molar-refractivity contribution in [2.24, 2.45) is 11.8 Å². The lowest BCUT2D eigenvalue weighted by molar-refractivity contribution is 0.0121. The van der Waals surface area contributed by atoms with Gasteiger partial charge in [0, 0.05) is 29.7 Å². The molecule has 1 aromatic carbocycles. The first-order valence-electron chi connectivity index (χ1n) is 12.0. The van der Waals surface area contributed by atoms with Gasteiger partial charge in [0.15, 0.2) is 0 Å². The molecule has 1 saturated heterocycles. The van der Waals surface area contributed by atoms with Crippen LogP contribution >= 0.6 is 11.6 Å². The van der Waals surface area contributed by atoms with Gasteiger partial charge in [-0.2, -0.15) is 0 Å². The molecule has 0 spiro atoms. The molecule has 0 aromatic heterocycles. The molecule has 0 N–H and O–H groups in total. The van der Waals surface area contributed by atoms with Gasteiger partial charge in [-0.25, -0.2) is 0 Å². The van der Waals surface area contributed by atoms with E-state index >= 15 is 0 Å². The SMILES string of the molecule is C=CCN(CC1CC1)C1(c2ccc(Cl)cc2)CCC(N2CCC(CC)CC2)CC1. The molecule has 1 heterocycles. The Hall–Kier alpha value is -0.830. The second-order valence-electron chi connectivity index (χ2n) is 9.79. The Balaban J connectivity index is 1.51. The maximum Gasteiger partial charge on any atom is 0.0465 e.